The third-order valence-corrected chi connectivity index (χ3v) is 4.89. The highest BCUT2D eigenvalue weighted by Crippen LogP contribution is 2.31. The molecule has 2 atom stereocenters. The minimum absolute atomic E-state index is 0. The summed E-state index contributed by atoms with van der Waals surface area (Å²) >= 11 is 0. The van der Waals surface area contributed by atoms with Crippen molar-refractivity contribution in [3.05, 3.63) is 24.3 Å². The molecular formula is C18H29Cl2N3O2. The normalized spacial score (nSPS) is 22.0. The highest BCUT2D eigenvalue weighted by molar-refractivity contribution is 5.85. The number of rotatable bonds is 6. The van der Waals surface area contributed by atoms with Crippen molar-refractivity contribution in [2.45, 2.75) is 31.7 Å². The highest BCUT2D eigenvalue weighted by atomic mass is 35.5. The molecule has 0 bridgehead atoms. The largest absolute Gasteiger partial charge is 0.495 e. The molecular weight excluding hydrogens is 361 g/mol. The third kappa shape index (κ3) is 5.94. The van der Waals surface area contributed by atoms with Crippen LogP contribution in [0.2, 0.25) is 0 Å². The van der Waals surface area contributed by atoms with E-state index >= 15 is 0 Å². The number of hydrogen-bond acceptors (Lipinski definition) is 4. The fourth-order valence-corrected chi connectivity index (χ4v) is 3.59. The van der Waals surface area contributed by atoms with E-state index in [1.807, 2.05) is 18.2 Å². The van der Waals surface area contributed by atoms with E-state index in [4.69, 9.17) is 4.74 Å². The smallest absolute Gasteiger partial charge is 0.221 e. The van der Waals surface area contributed by atoms with Crippen LogP contribution in [0.4, 0.5) is 5.69 Å². The predicted octanol–water partition coefficient (Wildman–Crippen LogP) is 2.62. The van der Waals surface area contributed by atoms with Gasteiger partial charge in [-0.05, 0) is 43.9 Å². The van der Waals surface area contributed by atoms with Crippen molar-refractivity contribution >= 4 is 36.4 Å². The number of amides is 1. The molecule has 25 heavy (non-hydrogen) atoms. The molecule has 142 valence electrons. The number of nitrogens with one attached hydrogen (secondary N) is 2. The summed E-state index contributed by atoms with van der Waals surface area (Å²) in [6.45, 7) is 3.82. The van der Waals surface area contributed by atoms with Gasteiger partial charge in [-0.1, -0.05) is 12.1 Å². The van der Waals surface area contributed by atoms with Gasteiger partial charge in [0.25, 0.3) is 0 Å². The van der Waals surface area contributed by atoms with Crippen LogP contribution < -0.4 is 20.3 Å². The van der Waals surface area contributed by atoms with Crippen LogP contribution in [0.5, 0.6) is 5.75 Å². The zero-order valence-electron chi connectivity index (χ0n) is 14.7. The molecule has 3 rings (SSSR count). The molecule has 2 fully saturated rings. The van der Waals surface area contributed by atoms with E-state index in [2.05, 4.69) is 21.6 Å². The maximum absolute atomic E-state index is 12.0. The van der Waals surface area contributed by atoms with Crippen molar-refractivity contribution in [2.75, 3.05) is 38.2 Å². The number of carbonyl (C=O) groups excluding carboxylic acids is 1. The minimum atomic E-state index is 0. The van der Waals surface area contributed by atoms with Gasteiger partial charge in [-0.15, -0.1) is 24.8 Å². The quantitative estimate of drug-likeness (QED) is 0.784. The number of halogens is 2. The molecule has 0 aliphatic carbocycles. The van der Waals surface area contributed by atoms with Crippen molar-refractivity contribution in [1.29, 1.82) is 0 Å². The van der Waals surface area contributed by atoms with Crippen LogP contribution in [0.15, 0.2) is 24.3 Å². The minimum Gasteiger partial charge on any atom is -0.495 e. The van der Waals surface area contributed by atoms with Crippen molar-refractivity contribution in [3.8, 4) is 5.75 Å². The lowest BCUT2D eigenvalue weighted by molar-refractivity contribution is -0.121. The van der Waals surface area contributed by atoms with Gasteiger partial charge >= 0.3 is 0 Å². The van der Waals surface area contributed by atoms with E-state index in [1.54, 1.807) is 7.11 Å². The second-order valence-electron chi connectivity index (χ2n) is 6.57. The molecule has 2 saturated heterocycles. The Bertz CT molecular complexity index is 539. The van der Waals surface area contributed by atoms with E-state index < -0.39 is 0 Å². The number of para-hydroxylation sites is 2. The highest BCUT2D eigenvalue weighted by Gasteiger charge is 2.25. The molecule has 0 spiro atoms. The predicted molar refractivity (Wildman–Crippen MR) is 106 cm³/mol. The lowest BCUT2D eigenvalue weighted by Gasteiger charge is -2.21. The molecule has 0 saturated carbocycles. The van der Waals surface area contributed by atoms with Gasteiger partial charge in [0.05, 0.1) is 12.8 Å². The number of anilines is 1. The molecule has 2 aliphatic heterocycles. The van der Waals surface area contributed by atoms with Crippen LogP contribution in [0.3, 0.4) is 0 Å². The molecule has 2 N–H and O–H groups in total. The first-order valence-corrected chi connectivity index (χ1v) is 8.64. The maximum atomic E-state index is 12.0. The third-order valence-electron chi connectivity index (χ3n) is 4.89. The summed E-state index contributed by atoms with van der Waals surface area (Å²) in [5.74, 6) is 1.62. The Morgan fingerprint density at radius 3 is 2.84 bits per heavy atom. The van der Waals surface area contributed by atoms with Gasteiger partial charge in [0.15, 0.2) is 0 Å². The van der Waals surface area contributed by atoms with Crippen LogP contribution in [-0.2, 0) is 4.79 Å². The van der Waals surface area contributed by atoms with Gasteiger partial charge in [0.2, 0.25) is 5.91 Å². The summed E-state index contributed by atoms with van der Waals surface area (Å²) in [6, 6.07) is 8.52. The fraction of sp³-hybridized carbons (Fsp3) is 0.611. The SMILES string of the molecule is COc1ccccc1N1CCC(CNC(=O)CC2CCCN2)C1.Cl.Cl. The number of benzene rings is 1. The van der Waals surface area contributed by atoms with Crippen molar-refractivity contribution in [1.82, 2.24) is 10.6 Å². The van der Waals surface area contributed by atoms with E-state index in [9.17, 15) is 4.79 Å². The van der Waals surface area contributed by atoms with Gasteiger partial charge in [0.1, 0.15) is 5.75 Å². The molecule has 1 aromatic carbocycles. The topological polar surface area (TPSA) is 53.6 Å². The lowest BCUT2D eigenvalue weighted by atomic mass is 10.1. The molecule has 2 unspecified atom stereocenters. The summed E-state index contributed by atoms with van der Waals surface area (Å²) in [4.78, 5) is 14.4. The Balaban J connectivity index is 0.00000156. The molecule has 2 heterocycles. The first kappa shape index (κ1) is 21.9. The Morgan fingerprint density at radius 2 is 2.12 bits per heavy atom. The van der Waals surface area contributed by atoms with Crippen LogP contribution in [0.1, 0.15) is 25.7 Å². The Labute approximate surface area is 162 Å². The molecule has 5 nitrogen and oxygen atoms in total. The maximum Gasteiger partial charge on any atom is 0.221 e. The summed E-state index contributed by atoms with van der Waals surface area (Å²) < 4.78 is 5.45. The standard InChI is InChI=1S/C18H27N3O2.2ClH/c1-23-17-7-3-2-6-16(17)21-10-8-14(13-21)12-20-18(22)11-15-5-4-9-19-15;;/h2-3,6-7,14-15,19H,4-5,8-13H2,1H3,(H,20,22);2*1H. The first-order chi connectivity index (χ1) is 11.3. The summed E-state index contributed by atoms with van der Waals surface area (Å²) in [7, 11) is 1.71. The summed E-state index contributed by atoms with van der Waals surface area (Å²) in [5, 5.41) is 6.49. The van der Waals surface area contributed by atoms with Gasteiger partial charge in [-0.25, -0.2) is 0 Å². The second kappa shape index (κ2) is 10.7. The van der Waals surface area contributed by atoms with Crippen LogP contribution in [-0.4, -0.2) is 45.2 Å². The second-order valence-corrected chi connectivity index (χ2v) is 6.57. The number of hydrogen-bond donors (Lipinski definition) is 2. The molecule has 0 radical (unpaired) electrons. The lowest BCUT2D eigenvalue weighted by Crippen LogP contribution is -2.35. The van der Waals surface area contributed by atoms with Crippen molar-refractivity contribution in [3.63, 3.8) is 0 Å². The number of nitrogens with zero attached hydrogens (tertiary/aromatic N) is 1. The van der Waals surface area contributed by atoms with E-state index in [-0.39, 0.29) is 30.7 Å². The Kier molecular flexibility index (Phi) is 9.39. The zero-order chi connectivity index (χ0) is 16.1. The molecule has 1 aromatic rings. The number of carbonyl (C=O) groups is 1. The monoisotopic (exact) mass is 389 g/mol. The molecule has 2 aliphatic rings. The van der Waals surface area contributed by atoms with Crippen LogP contribution >= 0.6 is 24.8 Å². The van der Waals surface area contributed by atoms with Gasteiger partial charge in [-0.2, -0.15) is 0 Å². The summed E-state index contributed by atoms with van der Waals surface area (Å²) in [5.41, 5.74) is 1.15. The van der Waals surface area contributed by atoms with Gasteiger partial charge < -0.3 is 20.3 Å². The van der Waals surface area contributed by atoms with E-state index in [0.717, 1.165) is 50.5 Å². The van der Waals surface area contributed by atoms with Crippen LogP contribution in [0, 0.1) is 5.92 Å². The Hall–Kier alpha value is -1.17. The van der Waals surface area contributed by atoms with Crippen LogP contribution in [0.25, 0.3) is 0 Å². The van der Waals surface area contributed by atoms with Crippen molar-refractivity contribution in [2.24, 2.45) is 5.92 Å². The van der Waals surface area contributed by atoms with Crippen molar-refractivity contribution < 1.29 is 9.53 Å². The van der Waals surface area contributed by atoms with Gasteiger partial charge in [0, 0.05) is 32.1 Å². The summed E-state index contributed by atoms with van der Waals surface area (Å²) in [6.07, 6.45) is 4.04. The number of methoxy groups -OCH3 is 1. The van der Waals surface area contributed by atoms with Gasteiger partial charge in [-0.3, -0.25) is 4.79 Å². The fourth-order valence-electron chi connectivity index (χ4n) is 3.59. The molecule has 7 heteroatoms. The first-order valence-electron chi connectivity index (χ1n) is 8.64. The van der Waals surface area contributed by atoms with E-state index in [1.165, 1.54) is 6.42 Å². The zero-order valence-corrected chi connectivity index (χ0v) is 16.3. The average Bonchev–Trinajstić information content (AvgIpc) is 3.24. The molecule has 1 amide bonds. The average molecular weight is 390 g/mol. The molecule has 0 aromatic heterocycles. The Morgan fingerprint density at radius 1 is 1.32 bits per heavy atom. The van der Waals surface area contributed by atoms with E-state index in [0.29, 0.717) is 18.4 Å². The number of ether oxygens (including phenoxy) is 1.